The summed E-state index contributed by atoms with van der Waals surface area (Å²) in [5.41, 5.74) is 4.32. The van der Waals surface area contributed by atoms with Crippen molar-refractivity contribution in [3.8, 4) is 0 Å². The highest BCUT2D eigenvalue weighted by Gasteiger charge is 2.29. The maximum Gasteiger partial charge on any atom is 0.248 e. The number of sulfonamides is 1. The van der Waals surface area contributed by atoms with Gasteiger partial charge in [-0.05, 0) is 55.5 Å². The molecule has 1 atom stereocenters. The molecule has 0 aliphatic heterocycles. The Balaban J connectivity index is 2.35. The minimum absolute atomic E-state index is 0.357. The number of amides is 1. The summed E-state index contributed by atoms with van der Waals surface area (Å²) in [7, 11) is -3.63. The third kappa shape index (κ3) is 4.89. The van der Waals surface area contributed by atoms with Crippen LogP contribution in [0.4, 0.5) is 11.4 Å². The molecule has 0 aliphatic carbocycles. The van der Waals surface area contributed by atoms with Gasteiger partial charge >= 0.3 is 0 Å². The van der Waals surface area contributed by atoms with E-state index in [0.29, 0.717) is 5.69 Å². The van der Waals surface area contributed by atoms with Crippen molar-refractivity contribution < 1.29 is 13.2 Å². The summed E-state index contributed by atoms with van der Waals surface area (Å²) in [6.07, 6.45) is 2.76. The first-order valence-electron chi connectivity index (χ1n) is 9.16. The Kier molecular flexibility index (Phi) is 6.65. The van der Waals surface area contributed by atoms with Gasteiger partial charge in [0.1, 0.15) is 6.04 Å². The van der Waals surface area contributed by atoms with E-state index in [0.717, 1.165) is 41.5 Å². The largest absolute Gasteiger partial charge is 0.324 e. The predicted octanol–water partition coefficient (Wildman–Crippen LogP) is 3.91. The van der Waals surface area contributed by atoms with E-state index in [1.165, 1.54) is 4.31 Å². The standard InChI is InChI=1S/C21H28N2O3S/c1-6-17-11-13-19(14-12-17)23(27(5,25)26)16(4)21(24)22-20-15(3)9-8-10-18(20)7-2/h8-14,16H,6-7H2,1-5H3,(H,22,24)/t16-/m1/s1. The van der Waals surface area contributed by atoms with Gasteiger partial charge in [0.25, 0.3) is 0 Å². The fourth-order valence-corrected chi connectivity index (χ4v) is 4.29. The van der Waals surface area contributed by atoms with E-state index in [2.05, 4.69) is 5.32 Å². The van der Waals surface area contributed by atoms with Crippen LogP contribution in [0.25, 0.3) is 0 Å². The van der Waals surface area contributed by atoms with E-state index in [4.69, 9.17) is 0 Å². The molecule has 0 bridgehead atoms. The Bertz CT molecular complexity index is 906. The van der Waals surface area contributed by atoms with Gasteiger partial charge in [0.2, 0.25) is 15.9 Å². The maximum absolute atomic E-state index is 12.9. The van der Waals surface area contributed by atoms with Crippen LogP contribution in [0.2, 0.25) is 0 Å². The van der Waals surface area contributed by atoms with Crippen molar-refractivity contribution in [3.05, 3.63) is 59.2 Å². The fraction of sp³-hybridized carbons (Fsp3) is 0.381. The van der Waals surface area contributed by atoms with E-state index in [1.807, 2.05) is 51.1 Å². The number of nitrogens with one attached hydrogen (secondary N) is 1. The Hall–Kier alpha value is -2.34. The van der Waals surface area contributed by atoms with Crippen LogP contribution in [0, 0.1) is 6.92 Å². The molecule has 0 saturated heterocycles. The monoisotopic (exact) mass is 388 g/mol. The van der Waals surface area contributed by atoms with Crippen LogP contribution < -0.4 is 9.62 Å². The summed E-state index contributed by atoms with van der Waals surface area (Å²) >= 11 is 0. The number of rotatable bonds is 7. The van der Waals surface area contributed by atoms with Gasteiger partial charge in [-0.25, -0.2) is 8.42 Å². The van der Waals surface area contributed by atoms with Crippen molar-refractivity contribution in [2.45, 2.75) is 46.6 Å². The van der Waals surface area contributed by atoms with Crippen LogP contribution in [-0.2, 0) is 27.7 Å². The molecular formula is C21H28N2O3S. The van der Waals surface area contributed by atoms with Gasteiger partial charge in [0.05, 0.1) is 11.9 Å². The van der Waals surface area contributed by atoms with Crippen molar-refractivity contribution in [1.82, 2.24) is 0 Å². The summed E-state index contributed by atoms with van der Waals surface area (Å²) in [5.74, 6) is -0.357. The van der Waals surface area contributed by atoms with Crippen molar-refractivity contribution in [2.24, 2.45) is 0 Å². The summed E-state index contributed by atoms with van der Waals surface area (Å²) in [6, 6.07) is 12.2. The number of para-hydroxylation sites is 1. The molecule has 146 valence electrons. The second kappa shape index (κ2) is 8.57. The van der Waals surface area contributed by atoms with Crippen molar-refractivity contribution in [3.63, 3.8) is 0 Å². The molecule has 0 unspecified atom stereocenters. The first-order valence-corrected chi connectivity index (χ1v) is 11.0. The summed E-state index contributed by atoms with van der Waals surface area (Å²) in [4.78, 5) is 12.9. The number of aryl methyl sites for hydroxylation is 3. The molecule has 0 heterocycles. The van der Waals surface area contributed by atoms with E-state index >= 15 is 0 Å². The smallest absolute Gasteiger partial charge is 0.248 e. The number of hydrogen-bond donors (Lipinski definition) is 1. The van der Waals surface area contributed by atoms with E-state index in [-0.39, 0.29) is 5.91 Å². The van der Waals surface area contributed by atoms with Gasteiger partial charge in [0.15, 0.2) is 0 Å². The Morgan fingerprint density at radius 2 is 1.70 bits per heavy atom. The topological polar surface area (TPSA) is 66.5 Å². The lowest BCUT2D eigenvalue weighted by Crippen LogP contribution is -2.45. The number of benzene rings is 2. The molecule has 0 aromatic heterocycles. The van der Waals surface area contributed by atoms with Crippen LogP contribution in [0.5, 0.6) is 0 Å². The molecule has 5 nitrogen and oxygen atoms in total. The highest BCUT2D eigenvalue weighted by molar-refractivity contribution is 7.92. The summed E-state index contributed by atoms with van der Waals surface area (Å²) in [5, 5.41) is 2.93. The van der Waals surface area contributed by atoms with Crippen LogP contribution in [0.1, 0.15) is 37.5 Å². The third-order valence-electron chi connectivity index (χ3n) is 4.68. The van der Waals surface area contributed by atoms with E-state index in [9.17, 15) is 13.2 Å². The Morgan fingerprint density at radius 1 is 1.07 bits per heavy atom. The Labute approximate surface area is 162 Å². The Morgan fingerprint density at radius 3 is 2.22 bits per heavy atom. The summed E-state index contributed by atoms with van der Waals surface area (Å²) < 4.78 is 26.0. The summed E-state index contributed by atoms with van der Waals surface area (Å²) in [6.45, 7) is 7.59. The van der Waals surface area contributed by atoms with Crippen molar-refractivity contribution in [1.29, 1.82) is 0 Å². The molecule has 0 radical (unpaired) electrons. The van der Waals surface area contributed by atoms with E-state index < -0.39 is 16.1 Å². The van der Waals surface area contributed by atoms with Gasteiger partial charge in [-0.15, -0.1) is 0 Å². The molecule has 6 heteroatoms. The van der Waals surface area contributed by atoms with Crippen molar-refractivity contribution >= 4 is 27.3 Å². The molecular weight excluding hydrogens is 360 g/mol. The third-order valence-corrected chi connectivity index (χ3v) is 5.92. The number of carbonyl (C=O) groups excluding carboxylic acids is 1. The highest BCUT2D eigenvalue weighted by atomic mass is 32.2. The van der Waals surface area contributed by atoms with Gasteiger partial charge in [0, 0.05) is 5.69 Å². The molecule has 1 amide bonds. The van der Waals surface area contributed by atoms with E-state index in [1.54, 1.807) is 19.1 Å². The molecule has 2 aromatic carbocycles. The normalized spacial score (nSPS) is 12.5. The zero-order valence-electron chi connectivity index (χ0n) is 16.6. The molecule has 0 fully saturated rings. The zero-order valence-corrected chi connectivity index (χ0v) is 17.4. The highest BCUT2D eigenvalue weighted by Crippen LogP contribution is 2.25. The predicted molar refractivity (Wildman–Crippen MR) is 112 cm³/mol. The average Bonchev–Trinajstić information content (AvgIpc) is 2.62. The lowest BCUT2D eigenvalue weighted by Gasteiger charge is -2.29. The molecule has 1 N–H and O–H groups in total. The van der Waals surface area contributed by atoms with Gasteiger partial charge in [-0.2, -0.15) is 0 Å². The molecule has 0 saturated carbocycles. The van der Waals surface area contributed by atoms with Gasteiger partial charge in [-0.1, -0.05) is 44.2 Å². The number of carbonyl (C=O) groups is 1. The molecule has 27 heavy (non-hydrogen) atoms. The van der Waals surface area contributed by atoms with Crippen LogP contribution in [0.15, 0.2) is 42.5 Å². The molecule has 2 aromatic rings. The van der Waals surface area contributed by atoms with Crippen LogP contribution in [-0.4, -0.2) is 26.6 Å². The quantitative estimate of drug-likeness (QED) is 0.782. The fourth-order valence-electron chi connectivity index (χ4n) is 3.12. The molecule has 2 rings (SSSR count). The average molecular weight is 389 g/mol. The second-order valence-corrected chi connectivity index (χ2v) is 8.57. The van der Waals surface area contributed by atoms with Crippen LogP contribution in [0.3, 0.4) is 0 Å². The number of nitrogens with zero attached hydrogens (tertiary/aromatic N) is 1. The molecule has 0 spiro atoms. The minimum atomic E-state index is -3.63. The number of hydrogen-bond acceptors (Lipinski definition) is 3. The van der Waals surface area contributed by atoms with Gasteiger partial charge < -0.3 is 5.32 Å². The zero-order chi connectivity index (χ0) is 20.2. The van der Waals surface area contributed by atoms with Crippen molar-refractivity contribution in [2.75, 3.05) is 15.9 Å². The SMILES string of the molecule is CCc1ccc(N([C@H](C)C(=O)Nc2c(C)cccc2CC)S(C)(=O)=O)cc1. The first-order chi connectivity index (χ1) is 12.7. The first kappa shape index (κ1) is 21.0. The molecule has 0 aliphatic rings. The second-order valence-electron chi connectivity index (χ2n) is 6.71. The maximum atomic E-state index is 12.9. The van der Waals surface area contributed by atoms with Gasteiger partial charge in [-0.3, -0.25) is 9.10 Å². The lowest BCUT2D eigenvalue weighted by atomic mass is 10.1. The van der Waals surface area contributed by atoms with Crippen LogP contribution >= 0.6 is 0 Å². The minimum Gasteiger partial charge on any atom is -0.324 e. The number of anilines is 2. The lowest BCUT2D eigenvalue weighted by molar-refractivity contribution is -0.116.